The Morgan fingerprint density at radius 3 is 2.75 bits per heavy atom. The second kappa shape index (κ2) is 9.67. The molecule has 0 amide bonds. The Morgan fingerprint density at radius 2 is 2.03 bits per heavy atom. The molecular formula is C24H26N2O5S. The number of carbonyl (C=O) groups is 2. The van der Waals surface area contributed by atoms with Gasteiger partial charge in [-0.3, -0.25) is 4.79 Å². The van der Waals surface area contributed by atoms with Crippen LogP contribution in [0.5, 0.6) is 5.75 Å². The number of esters is 1. The topological polar surface area (TPSA) is 86.8 Å². The standard InChI is InChI=1S/C24H26N2O5S/c1-14-20(24(28)31-10-9-29-2)22(23-25-8-11-32-23)21-17(26-14)12-15(13-18(21)27)16-6-4-5-7-19(16)30-3/h4-8,11,15,22,26H,9-10,12-13H2,1-3H3. The summed E-state index contributed by atoms with van der Waals surface area (Å²) in [6.07, 6.45) is 2.68. The maximum Gasteiger partial charge on any atom is 0.336 e. The van der Waals surface area contributed by atoms with Gasteiger partial charge in [-0.2, -0.15) is 0 Å². The summed E-state index contributed by atoms with van der Waals surface area (Å²) in [5.41, 5.74) is 3.56. The van der Waals surface area contributed by atoms with Crippen molar-refractivity contribution in [2.24, 2.45) is 0 Å². The molecule has 0 spiro atoms. The van der Waals surface area contributed by atoms with Crippen LogP contribution in [-0.4, -0.2) is 44.2 Å². The summed E-state index contributed by atoms with van der Waals surface area (Å²) < 4.78 is 15.9. The molecule has 2 aliphatic rings. The second-order valence-corrected chi connectivity index (χ2v) is 8.68. The third-order valence-corrected chi connectivity index (χ3v) is 6.69. The quantitative estimate of drug-likeness (QED) is 0.504. The van der Waals surface area contributed by atoms with E-state index in [1.165, 1.54) is 11.3 Å². The lowest BCUT2D eigenvalue weighted by Crippen LogP contribution is -2.36. The van der Waals surface area contributed by atoms with Gasteiger partial charge in [-0.05, 0) is 25.0 Å². The Morgan fingerprint density at radius 1 is 1.22 bits per heavy atom. The molecule has 2 aromatic rings. The fraction of sp³-hybridized carbons (Fsp3) is 0.375. The Bertz CT molecular complexity index is 1070. The second-order valence-electron chi connectivity index (χ2n) is 7.76. The molecule has 1 N–H and O–H groups in total. The van der Waals surface area contributed by atoms with Gasteiger partial charge >= 0.3 is 5.97 Å². The van der Waals surface area contributed by atoms with Crippen molar-refractivity contribution in [1.82, 2.24) is 10.3 Å². The molecule has 7 nitrogen and oxygen atoms in total. The highest BCUT2D eigenvalue weighted by atomic mass is 32.1. The number of Topliss-reactive ketones (excluding diaryl/α,β-unsaturated/α-hetero) is 1. The molecule has 1 aliphatic carbocycles. The van der Waals surface area contributed by atoms with Gasteiger partial charge in [0, 0.05) is 48.0 Å². The zero-order valence-corrected chi connectivity index (χ0v) is 19.2. The van der Waals surface area contributed by atoms with Gasteiger partial charge < -0.3 is 19.5 Å². The minimum Gasteiger partial charge on any atom is -0.496 e. The van der Waals surface area contributed by atoms with Crippen molar-refractivity contribution in [2.75, 3.05) is 27.4 Å². The van der Waals surface area contributed by atoms with Gasteiger partial charge in [0.05, 0.1) is 25.2 Å². The van der Waals surface area contributed by atoms with Crippen LogP contribution in [0, 0.1) is 0 Å². The van der Waals surface area contributed by atoms with E-state index in [0.717, 1.165) is 17.0 Å². The molecule has 8 heteroatoms. The molecule has 0 fully saturated rings. The van der Waals surface area contributed by atoms with Crippen molar-refractivity contribution in [3.8, 4) is 5.75 Å². The normalized spacial score (nSPS) is 20.7. The van der Waals surface area contributed by atoms with Crippen LogP contribution >= 0.6 is 11.3 Å². The number of methoxy groups -OCH3 is 2. The fourth-order valence-electron chi connectivity index (χ4n) is 4.45. The van der Waals surface area contributed by atoms with E-state index in [9.17, 15) is 9.59 Å². The van der Waals surface area contributed by atoms with E-state index in [1.54, 1.807) is 20.4 Å². The van der Waals surface area contributed by atoms with Crippen LogP contribution in [-0.2, 0) is 19.1 Å². The number of nitrogens with zero attached hydrogens (tertiary/aromatic N) is 1. The number of hydrogen-bond donors (Lipinski definition) is 1. The Balaban J connectivity index is 1.71. The van der Waals surface area contributed by atoms with E-state index in [-0.39, 0.29) is 18.3 Å². The lowest BCUT2D eigenvalue weighted by molar-refractivity contribution is -0.140. The van der Waals surface area contributed by atoms with Gasteiger partial charge in [-0.1, -0.05) is 18.2 Å². The van der Waals surface area contributed by atoms with Crippen molar-refractivity contribution in [3.63, 3.8) is 0 Å². The highest BCUT2D eigenvalue weighted by molar-refractivity contribution is 7.09. The van der Waals surface area contributed by atoms with Crippen molar-refractivity contribution in [1.29, 1.82) is 0 Å². The summed E-state index contributed by atoms with van der Waals surface area (Å²) in [5.74, 6) is -0.225. The fourth-order valence-corrected chi connectivity index (χ4v) is 5.21. The Kier molecular flexibility index (Phi) is 6.72. The Labute approximate surface area is 191 Å². The number of carbonyl (C=O) groups excluding carboxylic acids is 2. The number of rotatable bonds is 7. The molecule has 0 saturated heterocycles. The average Bonchev–Trinajstić information content (AvgIpc) is 3.32. The first-order valence-electron chi connectivity index (χ1n) is 10.5. The summed E-state index contributed by atoms with van der Waals surface area (Å²) >= 11 is 1.43. The molecule has 0 radical (unpaired) electrons. The number of nitrogens with one attached hydrogen (secondary N) is 1. The number of dihydropyridines is 1. The maximum absolute atomic E-state index is 13.5. The molecule has 2 atom stereocenters. The van der Waals surface area contributed by atoms with Gasteiger partial charge in [0.2, 0.25) is 0 Å². The van der Waals surface area contributed by atoms with Crippen LogP contribution in [0.2, 0.25) is 0 Å². The highest BCUT2D eigenvalue weighted by Gasteiger charge is 2.42. The van der Waals surface area contributed by atoms with Crippen molar-refractivity contribution < 1.29 is 23.8 Å². The summed E-state index contributed by atoms with van der Waals surface area (Å²) in [6.45, 7) is 2.29. The van der Waals surface area contributed by atoms with E-state index in [4.69, 9.17) is 14.2 Å². The molecule has 32 heavy (non-hydrogen) atoms. The molecule has 1 aromatic carbocycles. The number of thiazole rings is 1. The lowest BCUT2D eigenvalue weighted by atomic mass is 9.74. The predicted octanol–water partition coefficient (Wildman–Crippen LogP) is 3.70. The monoisotopic (exact) mass is 454 g/mol. The third kappa shape index (κ3) is 4.20. The highest BCUT2D eigenvalue weighted by Crippen LogP contribution is 2.47. The van der Waals surface area contributed by atoms with Gasteiger partial charge in [0.25, 0.3) is 0 Å². The van der Waals surface area contributed by atoms with E-state index in [1.807, 2.05) is 36.6 Å². The largest absolute Gasteiger partial charge is 0.496 e. The number of ketones is 1. The molecule has 4 rings (SSSR count). The van der Waals surface area contributed by atoms with Crippen LogP contribution in [0.1, 0.15) is 42.2 Å². The summed E-state index contributed by atoms with van der Waals surface area (Å²) in [5, 5.41) is 5.90. The van der Waals surface area contributed by atoms with Gasteiger partial charge in [-0.15, -0.1) is 11.3 Å². The van der Waals surface area contributed by atoms with E-state index >= 15 is 0 Å². The van der Waals surface area contributed by atoms with E-state index in [2.05, 4.69) is 10.3 Å². The average molecular weight is 455 g/mol. The van der Waals surface area contributed by atoms with Gasteiger partial charge in [0.15, 0.2) is 5.78 Å². The number of allylic oxidation sites excluding steroid dienone is 3. The van der Waals surface area contributed by atoms with Crippen LogP contribution in [0.15, 0.2) is 58.4 Å². The minimum atomic E-state index is -0.535. The third-order valence-electron chi connectivity index (χ3n) is 5.85. The number of hydrogen-bond acceptors (Lipinski definition) is 8. The Hall–Kier alpha value is -2.97. The molecular weight excluding hydrogens is 428 g/mol. The van der Waals surface area contributed by atoms with Crippen LogP contribution in [0.4, 0.5) is 0 Å². The molecule has 2 heterocycles. The maximum atomic E-state index is 13.5. The van der Waals surface area contributed by atoms with Crippen LogP contribution in [0.3, 0.4) is 0 Å². The summed E-state index contributed by atoms with van der Waals surface area (Å²) in [4.78, 5) is 30.9. The molecule has 1 aliphatic heterocycles. The molecule has 0 bridgehead atoms. The van der Waals surface area contributed by atoms with Crippen molar-refractivity contribution >= 4 is 23.1 Å². The minimum absolute atomic E-state index is 0.00421. The zero-order chi connectivity index (χ0) is 22.7. The number of para-hydroxylation sites is 1. The molecule has 1 aromatic heterocycles. The first-order valence-corrected chi connectivity index (χ1v) is 11.4. The zero-order valence-electron chi connectivity index (χ0n) is 18.3. The van der Waals surface area contributed by atoms with Crippen molar-refractivity contribution in [2.45, 2.75) is 31.6 Å². The SMILES string of the molecule is COCCOC(=O)C1=C(C)NC2=C(C(=O)CC(c3ccccc3OC)C2)C1c1nccs1. The van der Waals surface area contributed by atoms with E-state index in [0.29, 0.717) is 41.3 Å². The van der Waals surface area contributed by atoms with Gasteiger partial charge in [0.1, 0.15) is 17.4 Å². The first-order chi connectivity index (χ1) is 15.5. The lowest BCUT2D eigenvalue weighted by Gasteiger charge is -2.36. The number of ether oxygens (including phenoxy) is 3. The smallest absolute Gasteiger partial charge is 0.336 e. The number of aromatic nitrogens is 1. The van der Waals surface area contributed by atoms with Crippen LogP contribution < -0.4 is 10.1 Å². The van der Waals surface area contributed by atoms with E-state index < -0.39 is 11.9 Å². The molecule has 2 unspecified atom stereocenters. The molecule has 168 valence electrons. The number of benzene rings is 1. The summed E-state index contributed by atoms with van der Waals surface area (Å²) in [7, 11) is 3.19. The first kappa shape index (κ1) is 22.2. The molecule has 0 saturated carbocycles. The predicted molar refractivity (Wildman–Crippen MR) is 121 cm³/mol. The summed E-state index contributed by atoms with van der Waals surface area (Å²) in [6, 6.07) is 7.79. The van der Waals surface area contributed by atoms with Crippen molar-refractivity contribution in [3.05, 3.63) is 69.0 Å². The van der Waals surface area contributed by atoms with Gasteiger partial charge in [-0.25, -0.2) is 9.78 Å². The van der Waals surface area contributed by atoms with Crippen LogP contribution in [0.25, 0.3) is 0 Å².